The van der Waals surface area contributed by atoms with Gasteiger partial charge in [0.1, 0.15) is 15.8 Å². The van der Waals surface area contributed by atoms with Gasteiger partial charge in [0.25, 0.3) is 0 Å². The van der Waals surface area contributed by atoms with Gasteiger partial charge >= 0.3 is 6.03 Å². The molecule has 2 fully saturated rings. The predicted molar refractivity (Wildman–Crippen MR) is 142 cm³/mol. The number of aliphatic hydroxyl groups excluding tert-OH is 1. The zero-order chi connectivity index (χ0) is 25.4. The van der Waals surface area contributed by atoms with Crippen LogP contribution in [0.1, 0.15) is 45.0 Å². The van der Waals surface area contributed by atoms with Crippen LogP contribution in [-0.2, 0) is 5.41 Å². The molecule has 2 aromatic rings. The average Bonchev–Trinajstić information content (AvgIpc) is 3.60. The van der Waals surface area contributed by atoms with Gasteiger partial charge in [-0.2, -0.15) is 0 Å². The summed E-state index contributed by atoms with van der Waals surface area (Å²) in [6.07, 6.45) is 8.66. The molecular formula is C27H35N5O3S. The maximum absolute atomic E-state index is 12.8. The standard InChI is InChI=1S/C27H35N5O3S/c1-16(2)35-23-10-7-17(14-22(23)28-4)24-30-31-25(36-24)27(3)12-5-6-19-20(27)8-9-21(19)29-26(34)32-13-11-18(33)15-32/h5-7,10,12,14,16,18,20-21,28,33H,8-9,11,13,15H2,1-4H3,(H,29,34). The second-order valence-corrected chi connectivity index (χ2v) is 11.3. The number of hydrogen-bond acceptors (Lipinski definition) is 7. The summed E-state index contributed by atoms with van der Waals surface area (Å²) in [6, 6.07) is 5.99. The molecule has 1 saturated carbocycles. The van der Waals surface area contributed by atoms with Crippen molar-refractivity contribution in [3.05, 3.63) is 47.0 Å². The van der Waals surface area contributed by atoms with E-state index in [-0.39, 0.29) is 29.5 Å². The molecule has 36 heavy (non-hydrogen) atoms. The molecule has 0 spiro atoms. The number of aliphatic hydroxyl groups is 1. The molecule has 8 nitrogen and oxygen atoms in total. The van der Waals surface area contributed by atoms with Gasteiger partial charge in [0, 0.05) is 31.1 Å². The molecule has 4 atom stereocenters. The predicted octanol–water partition coefficient (Wildman–Crippen LogP) is 4.34. The van der Waals surface area contributed by atoms with Gasteiger partial charge < -0.3 is 25.4 Å². The Balaban J connectivity index is 1.34. The van der Waals surface area contributed by atoms with Crippen molar-refractivity contribution in [2.45, 2.75) is 63.7 Å². The number of benzene rings is 1. The molecule has 4 unspecified atom stereocenters. The normalized spacial score (nSPS) is 27.2. The second kappa shape index (κ2) is 9.86. The van der Waals surface area contributed by atoms with E-state index in [1.54, 1.807) is 16.2 Å². The summed E-state index contributed by atoms with van der Waals surface area (Å²) in [5.74, 6) is 1.08. The van der Waals surface area contributed by atoms with Crippen molar-refractivity contribution in [1.29, 1.82) is 0 Å². The van der Waals surface area contributed by atoms with Crippen molar-refractivity contribution in [2.24, 2.45) is 5.92 Å². The Morgan fingerprint density at radius 2 is 2.11 bits per heavy atom. The molecule has 9 heteroatoms. The molecule has 2 amide bonds. The summed E-state index contributed by atoms with van der Waals surface area (Å²) < 4.78 is 5.91. The van der Waals surface area contributed by atoms with Gasteiger partial charge in [-0.25, -0.2) is 4.79 Å². The van der Waals surface area contributed by atoms with Gasteiger partial charge in [-0.05, 0) is 69.7 Å². The first-order valence-electron chi connectivity index (χ1n) is 12.7. The van der Waals surface area contributed by atoms with Crippen molar-refractivity contribution in [1.82, 2.24) is 20.4 Å². The van der Waals surface area contributed by atoms with Crippen LogP contribution in [0.5, 0.6) is 5.75 Å². The lowest BCUT2D eigenvalue weighted by molar-refractivity contribution is 0.171. The number of allylic oxidation sites excluding steroid dienone is 3. The van der Waals surface area contributed by atoms with E-state index in [0.29, 0.717) is 19.5 Å². The second-order valence-electron chi connectivity index (χ2n) is 10.4. The number of nitrogens with zero attached hydrogens (tertiary/aromatic N) is 3. The van der Waals surface area contributed by atoms with Crippen LogP contribution in [-0.4, -0.2) is 64.6 Å². The monoisotopic (exact) mass is 509 g/mol. The number of nitrogens with one attached hydrogen (secondary N) is 2. The van der Waals surface area contributed by atoms with Crippen LogP contribution in [0, 0.1) is 5.92 Å². The molecule has 1 saturated heterocycles. The van der Waals surface area contributed by atoms with Crippen molar-refractivity contribution in [2.75, 3.05) is 25.5 Å². The molecule has 5 rings (SSSR count). The molecule has 1 aromatic carbocycles. The SMILES string of the molecule is CNc1cc(-c2nnc(C3(C)C=CC=C4C(NC(=O)N5CCC(O)C5)CCC43)s2)ccc1OC(C)C. The summed E-state index contributed by atoms with van der Waals surface area (Å²) in [4.78, 5) is 14.5. The maximum atomic E-state index is 12.8. The number of fused-ring (bicyclic) bond motifs is 1. The minimum Gasteiger partial charge on any atom is -0.489 e. The Labute approximate surface area is 216 Å². The number of hydrogen-bond donors (Lipinski definition) is 3. The lowest BCUT2D eigenvalue weighted by atomic mass is 9.71. The van der Waals surface area contributed by atoms with Gasteiger partial charge in [-0.3, -0.25) is 0 Å². The number of ether oxygens (including phenoxy) is 1. The van der Waals surface area contributed by atoms with Crippen LogP contribution < -0.4 is 15.4 Å². The van der Waals surface area contributed by atoms with Crippen molar-refractivity contribution >= 4 is 23.1 Å². The largest absolute Gasteiger partial charge is 0.489 e. The lowest BCUT2D eigenvalue weighted by Gasteiger charge is -2.34. The number of carbonyl (C=O) groups excluding carboxylic acids is 1. The third-order valence-electron chi connectivity index (χ3n) is 7.50. The highest BCUT2D eigenvalue weighted by Crippen LogP contribution is 2.49. The van der Waals surface area contributed by atoms with Gasteiger partial charge in [-0.1, -0.05) is 29.6 Å². The Morgan fingerprint density at radius 3 is 2.83 bits per heavy atom. The van der Waals surface area contributed by atoms with Crippen LogP contribution in [0.3, 0.4) is 0 Å². The van der Waals surface area contributed by atoms with E-state index in [1.807, 2.05) is 33.0 Å². The number of anilines is 1. The first kappa shape index (κ1) is 24.8. The molecule has 1 aliphatic heterocycles. The lowest BCUT2D eigenvalue weighted by Crippen LogP contribution is -2.45. The fourth-order valence-corrected chi connectivity index (χ4v) is 6.60. The smallest absolute Gasteiger partial charge is 0.317 e. The molecule has 2 heterocycles. The minimum absolute atomic E-state index is 0.00333. The van der Waals surface area contributed by atoms with E-state index >= 15 is 0 Å². The highest BCUT2D eigenvalue weighted by atomic mass is 32.1. The van der Waals surface area contributed by atoms with Gasteiger partial charge in [0.05, 0.1) is 23.9 Å². The van der Waals surface area contributed by atoms with Crippen LogP contribution in [0.25, 0.3) is 10.6 Å². The fourth-order valence-electron chi connectivity index (χ4n) is 5.58. The number of urea groups is 1. The topological polar surface area (TPSA) is 99.6 Å². The van der Waals surface area contributed by atoms with E-state index in [1.165, 1.54) is 5.57 Å². The molecule has 2 aliphatic carbocycles. The number of carbonyl (C=O) groups is 1. The molecule has 0 bridgehead atoms. The average molecular weight is 510 g/mol. The summed E-state index contributed by atoms with van der Waals surface area (Å²) in [5.41, 5.74) is 2.89. The minimum atomic E-state index is -0.415. The van der Waals surface area contributed by atoms with Crippen molar-refractivity contribution in [3.63, 3.8) is 0 Å². The molecule has 1 aromatic heterocycles. The summed E-state index contributed by atoms with van der Waals surface area (Å²) in [7, 11) is 1.89. The van der Waals surface area contributed by atoms with Crippen LogP contribution in [0.15, 0.2) is 42.0 Å². The fraction of sp³-hybridized carbons (Fsp3) is 0.519. The van der Waals surface area contributed by atoms with Crippen LogP contribution in [0.2, 0.25) is 0 Å². The quantitative estimate of drug-likeness (QED) is 0.536. The zero-order valence-corrected chi connectivity index (χ0v) is 22.1. The van der Waals surface area contributed by atoms with Crippen molar-refractivity contribution in [3.8, 4) is 16.3 Å². The van der Waals surface area contributed by atoms with E-state index in [4.69, 9.17) is 4.74 Å². The molecule has 3 aliphatic rings. The Morgan fingerprint density at radius 1 is 1.28 bits per heavy atom. The number of aromatic nitrogens is 2. The summed E-state index contributed by atoms with van der Waals surface area (Å²) >= 11 is 1.62. The zero-order valence-electron chi connectivity index (χ0n) is 21.3. The molecule has 0 radical (unpaired) electrons. The number of rotatable bonds is 6. The number of likely N-dealkylation sites (tertiary alicyclic amines) is 1. The summed E-state index contributed by atoms with van der Waals surface area (Å²) in [6.45, 7) is 7.27. The van der Waals surface area contributed by atoms with Crippen molar-refractivity contribution < 1.29 is 14.6 Å². The first-order chi connectivity index (χ1) is 17.3. The first-order valence-corrected chi connectivity index (χ1v) is 13.6. The third kappa shape index (κ3) is 4.62. The molecule has 192 valence electrons. The third-order valence-corrected chi connectivity index (χ3v) is 8.72. The Kier molecular flexibility index (Phi) is 6.78. The number of β-amino-alcohol motifs (C(OH)–C–C–N with tert-alkyl or cyclic N) is 1. The van der Waals surface area contributed by atoms with E-state index in [9.17, 15) is 9.90 Å². The Hall–Kier alpha value is -2.91. The molecule has 3 N–H and O–H groups in total. The van der Waals surface area contributed by atoms with Crippen LogP contribution in [0.4, 0.5) is 10.5 Å². The summed E-state index contributed by atoms with van der Waals surface area (Å²) in [5, 5.41) is 27.3. The highest BCUT2D eigenvalue weighted by molar-refractivity contribution is 7.14. The van der Waals surface area contributed by atoms with Gasteiger partial charge in [0.2, 0.25) is 0 Å². The highest BCUT2D eigenvalue weighted by Gasteiger charge is 2.46. The number of amides is 2. The Bertz CT molecular complexity index is 1190. The maximum Gasteiger partial charge on any atom is 0.317 e. The van der Waals surface area contributed by atoms with Gasteiger partial charge in [0.15, 0.2) is 0 Å². The van der Waals surface area contributed by atoms with E-state index in [2.05, 4.69) is 52.0 Å². The molecular weight excluding hydrogens is 474 g/mol. The van der Waals surface area contributed by atoms with E-state index in [0.717, 1.165) is 39.9 Å². The van der Waals surface area contributed by atoms with Gasteiger partial charge in [-0.15, -0.1) is 10.2 Å². The van der Waals surface area contributed by atoms with E-state index < -0.39 is 6.10 Å². The van der Waals surface area contributed by atoms with Crippen LogP contribution >= 0.6 is 11.3 Å².